The van der Waals surface area contributed by atoms with Crippen molar-refractivity contribution in [1.82, 2.24) is 20.2 Å². The predicted octanol–water partition coefficient (Wildman–Crippen LogP) is 2.90. The van der Waals surface area contributed by atoms with Crippen molar-refractivity contribution in [3.63, 3.8) is 0 Å². The molecule has 1 aliphatic rings. The van der Waals surface area contributed by atoms with Gasteiger partial charge < -0.3 is 10.1 Å². The maximum absolute atomic E-state index is 12.2. The van der Waals surface area contributed by atoms with Crippen LogP contribution in [0.15, 0.2) is 48.5 Å². The molecular weight excluding hydrogens is 358 g/mol. The number of Topliss-reactive ketones (excluding diaryl/α,β-unsaturated/α-hetero) is 1. The van der Waals surface area contributed by atoms with Crippen LogP contribution in [0.1, 0.15) is 36.2 Å². The zero-order chi connectivity index (χ0) is 19.5. The summed E-state index contributed by atoms with van der Waals surface area (Å²) in [4.78, 5) is 23.5. The zero-order valence-electron chi connectivity index (χ0n) is 15.3. The Morgan fingerprint density at radius 3 is 2.68 bits per heavy atom. The highest BCUT2D eigenvalue weighted by Gasteiger charge is 2.28. The fourth-order valence-corrected chi connectivity index (χ4v) is 2.82. The molecule has 1 fully saturated rings. The van der Waals surface area contributed by atoms with E-state index < -0.39 is 0 Å². The van der Waals surface area contributed by atoms with Crippen molar-refractivity contribution in [2.75, 3.05) is 11.9 Å². The molecule has 8 heteroatoms. The van der Waals surface area contributed by atoms with E-state index in [1.165, 1.54) is 6.92 Å². The third-order valence-electron chi connectivity index (χ3n) is 4.42. The minimum absolute atomic E-state index is 0.0168. The molecule has 8 nitrogen and oxygen atoms in total. The van der Waals surface area contributed by atoms with Crippen molar-refractivity contribution in [3.05, 3.63) is 54.1 Å². The van der Waals surface area contributed by atoms with E-state index in [1.807, 2.05) is 22.9 Å². The van der Waals surface area contributed by atoms with Crippen molar-refractivity contribution in [2.45, 2.75) is 25.8 Å². The molecule has 0 unspecified atom stereocenters. The Hall–Kier alpha value is -3.55. The topological polar surface area (TPSA) is 99.0 Å². The number of rotatable bonds is 7. The highest BCUT2D eigenvalue weighted by Crippen LogP contribution is 2.36. The number of tetrazole rings is 1. The first-order valence-corrected chi connectivity index (χ1v) is 9.02. The highest BCUT2D eigenvalue weighted by atomic mass is 16.5. The van der Waals surface area contributed by atoms with Gasteiger partial charge >= 0.3 is 0 Å². The lowest BCUT2D eigenvalue weighted by atomic mass is 10.1. The van der Waals surface area contributed by atoms with Crippen LogP contribution in [0.5, 0.6) is 5.75 Å². The molecule has 1 saturated carbocycles. The van der Waals surface area contributed by atoms with E-state index in [4.69, 9.17) is 4.74 Å². The number of carbonyl (C=O) groups excluding carboxylic acids is 2. The van der Waals surface area contributed by atoms with Crippen LogP contribution in [-0.4, -0.2) is 38.5 Å². The van der Waals surface area contributed by atoms with Gasteiger partial charge in [-0.25, -0.2) is 4.68 Å². The number of ketones is 1. The van der Waals surface area contributed by atoms with Crippen molar-refractivity contribution in [2.24, 2.45) is 0 Å². The summed E-state index contributed by atoms with van der Waals surface area (Å²) in [6.07, 6.45) is 2.17. The number of anilines is 1. The van der Waals surface area contributed by atoms with Gasteiger partial charge in [0.05, 0.1) is 6.04 Å². The van der Waals surface area contributed by atoms with Gasteiger partial charge in [0.25, 0.3) is 5.91 Å². The molecule has 0 aliphatic heterocycles. The second-order valence-electron chi connectivity index (χ2n) is 6.68. The van der Waals surface area contributed by atoms with E-state index in [9.17, 15) is 9.59 Å². The number of nitrogens with one attached hydrogen (secondary N) is 1. The molecule has 1 amide bonds. The average Bonchev–Trinajstić information content (AvgIpc) is 3.43. The van der Waals surface area contributed by atoms with Crippen molar-refractivity contribution in [1.29, 1.82) is 0 Å². The number of carbonyl (C=O) groups is 2. The number of ether oxygens (including phenoxy) is 1. The van der Waals surface area contributed by atoms with E-state index in [2.05, 4.69) is 20.8 Å². The van der Waals surface area contributed by atoms with E-state index in [0.717, 1.165) is 18.4 Å². The number of nitrogens with zero attached hydrogens (tertiary/aromatic N) is 4. The molecule has 142 valence electrons. The molecule has 0 atom stereocenters. The fraction of sp³-hybridized carbons (Fsp3) is 0.250. The van der Waals surface area contributed by atoms with Crippen LogP contribution < -0.4 is 10.1 Å². The van der Waals surface area contributed by atoms with E-state index >= 15 is 0 Å². The third kappa shape index (κ3) is 4.06. The predicted molar refractivity (Wildman–Crippen MR) is 102 cm³/mol. The highest BCUT2D eigenvalue weighted by molar-refractivity contribution is 5.94. The summed E-state index contributed by atoms with van der Waals surface area (Å²) < 4.78 is 7.30. The Morgan fingerprint density at radius 2 is 1.96 bits per heavy atom. The Balaban J connectivity index is 1.38. The first kappa shape index (κ1) is 17.8. The number of hydrogen-bond acceptors (Lipinski definition) is 6. The minimum Gasteiger partial charge on any atom is -0.484 e. The first-order valence-electron chi connectivity index (χ1n) is 9.02. The van der Waals surface area contributed by atoms with Crippen LogP contribution >= 0.6 is 0 Å². The first-order chi connectivity index (χ1) is 13.6. The standard InChI is InChI=1S/C20H19N5O3/c1-13(26)14-5-9-18(10-6-14)28-12-19(27)21-16-4-2-3-15(11-16)20-22-23-24-25(20)17-7-8-17/h2-6,9-11,17H,7-8,12H2,1H3,(H,21,27). The Labute approximate surface area is 161 Å². The van der Waals surface area contributed by atoms with Gasteiger partial charge in [0.1, 0.15) is 5.75 Å². The molecule has 1 heterocycles. The number of aromatic nitrogens is 4. The molecule has 0 bridgehead atoms. The second-order valence-corrected chi connectivity index (χ2v) is 6.68. The molecule has 1 aliphatic carbocycles. The van der Waals surface area contributed by atoms with Crippen LogP contribution in [0.4, 0.5) is 5.69 Å². The van der Waals surface area contributed by atoms with Gasteiger partial charge in [0.15, 0.2) is 18.2 Å². The smallest absolute Gasteiger partial charge is 0.262 e. The van der Waals surface area contributed by atoms with Gasteiger partial charge in [-0.2, -0.15) is 0 Å². The molecule has 2 aromatic carbocycles. The van der Waals surface area contributed by atoms with Gasteiger partial charge in [-0.1, -0.05) is 12.1 Å². The number of benzene rings is 2. The van der Waals surface area contributed by atoms with Gasteiger partial charge in [0, 0.05) is 16.8 Å². The summed E-state index contributed by atoms with van der Waals surface area (Å²) in [5.41, 5.74) is 2.08. The van der Waals surface area contributed by atoms with Gasteiger partial charge in [-0.3, -0.25) is 9.59 Å². The monoisotopic (exact) mass is 377 g/mol. The Morgan fingerprint density at radius 1 is 1.18 bits per heavy atom. The van der Waals surface area contributed by atoms with Crippen LogP contribution in [0.2, 0.25) is 0 Å². The van der Waals surface area contributed by atoms with Crippen molar-refractivity contribution < 1.29 is 14.3 Å². The third-order valence-corrected chi connectivity index (χ3v) is 4.42. The largest absolute Gasteiger partial charge is 0.484 e. The summed E-state index contributed by atoms with van der Waals surface area (Å²) >= 11 is 0. The molecule has 1 N–H and O–H groups in total. The van der Waals surface area contributed by atoms with E-state index in [0.29, 0.717) is 28.9 Å². The van der Waals surface area contributed by atoms with Crippen molar-refractivity contribution >= 4 is 17.4 Å². The number of amides is 1. The minimum atomic E-state index is -0.283. The average molecular weight is 377 g/mol. The maximum Gasteiger partial charge on any atom is 0.262 e. The SMILES string of the molecule is CC(=O)c1ccc(OCC(=O)Nc2cccc(-c3nnnn3C3CC3)c2)cc1. The molecular formula is C20H19N5O3. The second kappa shape index (κ2) is 7.59. The molecule has 28 heavy (non-hydrogen) atoms. The fourth-order valence-electron chi connectivity index (χ4n) is 2.82. The molecule has 0 spiro atoms. The lowest BCUT2D eigenvalue weighted by Crippen LogP contribution is -2.20. The normalized spacial score (nSPS) is 13.2. The van der Waals surface area contributed by atoms with Gasteiger partial charge in [0.2, 0.25) is 0 Å². The summed E-state index contributed by atoms with van der Waals surface area (Å²) in [7, 11) is 0. The zero-order valence-corrected chi connectivity index (χ0v) is 15.3. The van der Waals surface area contributed by atoms with Crippen LogP contribution in [-0.2, 0) is 4.79 Å². The van der Waals surface area contributed by atoms with E-state index in [-0.39, 0.29) is 18.3 Å². The molecule has 1 aromatic heterocycles. The Kier molecular flexibility index (Phi) is 4.84. The van der Waals surface area contributed by atoms with Gasteiger partial charge in [-0.05, 0) is 66.6 Å². The van der Waals surface area contributed by atoms with Gasteiger partial charge in [-0.15, -0.1) is 5.10 Å². The van der Waals surface area contributed by atoms with Crippen LogP contribution in [0.3, 0.4) is 0 Å². The Bertz CT molecular complexity index is 1010. The summed E-state index contributed by atoms with van der Waals surface area (Å²) in [6, 6.07) is 14.4. The number of hydrogen-bond donors (Lipinski definition) is 1. The van der Waals surface area contributed by atoms with Crippen LogP contribution in [0, 0.1) is 0 Å². The summed E-state index contributed by atoms with van der Waals surface area (Å²) in [5, 5.41) is 14.7. The van der Waals surface area contributed by atoms with E-state index in [1.54, 1.807) is 30.3 Å². The molecule has 0 saturated heterocycles. The molecule has 0 radical (unpaired) electrons. The molecule has 3 aromatic rings. The maximum atomic E-state index is 12.2. The molecule has 4 rings (SSSR count). The van der Waals surface area contributed by atoms with Crippen molar-refractivity contribution in [3.8, 4) is 17.1 Å². The summed E-state index contributed by atoms with van der Waals surface area (Å²) in [6.45, 7) is 1.37. The quantitative estimate of drug-likeness (QED) is 0.636. The lowest BCUT2D eigenvalue weighted by Gasteiger charge is -2.09. The van der Waals surface area contributed by atoms with Crippen LogP contribution in [0.25, 0.3) is 11.4 Å². The lowest BCUT2D eigenvalue weighted by molar-refractivity contribution is -0.118. The summed E-state index contributed by atoms with van der Waals surface area (Å²) in [5.74, 6) is 0.921.